The number of halogens is 1. The molecule has 0 aliphatic carbocycles. The molecule has 0 aliphatic rings. The van der Waals surface area contributed by atoms with Gasteiger partial charge >= 0.3 is 0 Å². The second-order valence-corrected chi connectivity index (χ2v) is 5.86. The molecule has 0 spiro atoms. The van der Waals surface area contributed by atoms with Crippen molar-refractivity contribution in [1.82, 2.24) is 0 Å². The van der Waals surface area contributed by atoms with Crippen LogP contribution in [0.3, 0.4) is 0 Å². The van der Waals surface area contributed by atoms with Gasteiger partial charge in [-0.3, -0.25) is 4.72 Å². The predicted molar refractivity (Wildman–Crippen MR) is 76.7 cm³/mol. The Hall–Kier alpha value is -1.26. The third-order valence-electron chi connectivity index (χ3n) is 2.12. The molecule has 0 radical (unpaired) electrons. The number of hydrogen-bond donors (Lipinski definition) is 2. The highest BCUT2D eigenvalue weighted by Crippen LogP contribution is 2.20. The summed E-state index contributed by atoms with van der Waals surface area (Å²) in [6.07, 6.45) is 0. The number of nitrogens with two attached hydrogens (primary N) is 1. The van der Waals surface area contributed by atoms with Crippen molar-refractivity contribution >= 4 is 27.3 Å². The highest BCUT2D eigenvalue weighted by Gasteiger charge is 2.10. The molecule has 1 rings (SSSR count). The number of rotatable bonds is 5. The third kappa shape index (κ3) is 5.49. The molecule has 0 saturated heterocycles. The van der Waals surface area contributed by atoms with Gasteiger partial charge in [0.15, 0.2) is 0 Å². The molecule has 1 aromatic rings. The van der Waals surface area contributed by atoms with E-state index < -0.39 is 10.0 Å². The summed E-state index contributed by atoms with van der Waals surface area (Å²) < 4.78 is 30.5. The van der Waals surface area contributed by atoms with E-state index in [1.54, 1.807) is 18.2 Å². The standard InChI is InChI=1S/C12H15ClN2O3S/c1-18-7-8-19(16,17)15-11-4-5-12(13)10(9-11)3-2-6-14/h4-5,9,15H,6-8,14H2,1H3. The maximum atomic E-state index is 11.7. The van der Waals surface area contributed by atoms with Crippen LogP contribution >= 0.6 is 11.6 Å². The first-order valence-corrected chi connectivity index (χ1v) is 7.49. The lowest BCUT2D eigenvalue weighted by molar-refractivity contribution is 0.217. The first-order chi connectivity index (χ1) is 8.98. The highest BCUT2D eigenvalue weighted by atomic mass is 35.5. The van der Waals surface area contributed by atoms with E-state index in [9.17, 15) is 8.42 Å². The summed E-state index contributed by atoms with van der Waals surface area (Å²) in [6, 6.07) is 4.71. The maximum Gasteiger partial charge on any atom is 0.234 e. The molecule has 19 heavy (non-hydrogen) atoms. The van der Waals surface area contributed by atoms with Gasteiger partial charge in [0, 0.05) is 18.4 Å². The van der Waals surface area contributed by atoms with Gasteiger partial charge in [0.25, 0.3) is 0 Å². The number of sulfonamides is 1. The average Bonchev–Trinajstić information content (AvgIpc) is 2.37. The van der Waals surface area contributed by atoms with Crippen LogP contribution < -0.4 is 10.5 Å². The fourth-order valence-electron chi connectivity index (χ4n) is 1.25. The van der Waals surface area contributed by atoms with E-state index in [0.29, 0.717) is 16.3 Å². The summed E-state index contributed by atoms with van der Waals surface area (Å²) in [7, 11) is -2.00. The van der Waals surface area contributed by atoms with Crippen LogP contribution in [-0.2, 0) is 14.8 Å². The third-order valence-corrected chi connectivity index (χ3v) is 3.70. The van der Waals surface area contributed by atoms with Gasteiger partial charge < -0.3 is 10.5 Å². The number of methoxy groups -OCH3 is 1. The molecule has 3 N–H and O–H groups in total. The summed E-state index contributed by atoms with van der Waals surface area (Å²) in [5, 5.41) is 0.445. The molecule has 0 fully saturated rings. The number of anilines is 1. The van der Waals surface area contributed by atoms with Gasteiger partial charge in [-0.25, -0.2) is 8.42 Å². The topological polar surface area (TPSA) is 81.4 Å². The Kier molecular flexibility index (Phi) is 6.12. The van der Waals surface area contributed by atoms with Crippen LogP contribution in [0.15, 0.2) is 18.2 Å². The number of nitrogens with one attached hydrogen (secondary N) is 1. The van der Waals surface area contributed by atoms with Crippen LogP contribution in [0.4, 0.5) is 5.69 Å². The highest BCUT2D eigenvalue weighted by molar-refractivity contribution is 7.92. The van der Waals surface area contributed by atoms with Crippen LogP contribution in [0.2, 0.25) is 5.02 Å². The Morgan fingerprint density at radius 1 is 1.47 bits per heavy atom. The summed E-state index contributed by atoms with van der Waals surface area (Å²) in [6.45, 7) is 0.336. The fraction of sp³-hybridized carbons (Fsp3) is 0.333. The van der Waals surface area contributed by atoms with E-state index in [0.717, 1.165) is 0 Å². The van der Waals surface area contributed by atoms with Crippen LogP contribution in [-0.4, -0.2) is 34.4 Å². The monoisotopic (exact) mass is 302 g/mol. The van der Waals surface area contributed by atoms with E-state index >= 15 is 0 Å². The Bertz CT molecular complexity index is 591. The molecule has 0 aromatic heterocycles. The van der Waals surface area contributed by atoms with Crippen molar-refractivity contribution < 1.29 is 13.2 Å². The Morgan fingerprint density at radius 2 is 2.21 bits per heavy atom. The number of hydrogen-bond acceptors (Lipinski definition) is 4. The van der Waals surface area contributed by atoms with Crippen molar-refractivity contribution in [3.8, 4) is 11.8 Å². The van der Waals surface area contributed by atoms with Crippen molar-refractivity contribution in [3.05, 3.63) is 28.8 Å². The Morgan fingerprint density at radius 3 is 2.84 bits per heavy atom. The molecule has 7 heteroatoms. The summed E-state index contributed by atoms with van der Waals surface area (Å²) in [5.41, 5.74) is 6.21. The Balaban J connectivity index is 2.91. The van der Waals surface area contributed by atoms with Crippen molar-refractivity contribution in [2.24, 2.45) is 5.73 Å². The average molecular weight is 303 g/mol. The van der Waals surface area contributed by atoms with Gasteiger partial charge in [-0.15, -0.1) is 0 Å². The minimum absolute atomic E-state index is 0.115. The lowest BCUT2D eigenvalue weighted by Gasteiger charge is -2.08. The second-order valence-electron chi connectivity index (χ2n) is 3.61. The summed E-state index contributed by atoms with van der Waals surface area (Å²) in [4.78, 5) is 0. The maximum absolute atomic E-state index is 11.7. The first-order valence-electron chi connectivity index (χ1n) is 5.46. The normalized spacial score (nSPS) is 10.7. The van der Waals surface area contributed by atoms with Crippen LogP contribution in [0, 0.1) is 11.8 Å². The smallest absolute Gasteiger partial charge is 0.234 e. The van der Waals surface area contributed by atoms with E-state index in [2.05, 4.69) is 16.6 Å². The van der Waals surface area contributed by atoms with Crippen molar-refractivity contribution in [1.29, 1.82) is 0 Å². The van der Waals surface area contributed by atoms with Gasteiger partial charge in [0.2, 0.25) is 10.0 Å². The van der Waals surface area contributed by atoms with Gasteiger partial charge in [-0.05, 0) is 18.2 Å². The van der Waals surface area contributed by atoms with Crippen molar-refractivity contribution in [2.45, 2.75) is 0 Å². The molecule has 0 amide bonds. The first kappa shape index (κ1) is 15.8. The fourth-order valence-corrected chi connectivity index (χ4v) is 2.39. The zero-order valence-electron chi connectivity index (χ0n) is 10.4. The van der Waals surface area contributed by atoms with Gasteiger partial charge in [0.05, 0.1) is 23.9 Å². The molecule has 104 valence electrons. The van der Waals surface area contributed by atoms with E-state index in [-0.39, 0.29) is 18.9 Å². The molecule has 0 aliphatic heterocycles. The number of ether oxygens (including phenoxy) is 1. The lowest BCUT2D eigenvalue weighted by Crippen LogP contribution is -2.19. The Labute approximate surface area is 118 Å². The second kappa shape index (κ2) is 7.36. The molecule has 5 nitrogen and oxygen atoms in total. The molecule has 0 bridgehead atoms. The SMILES string of the molecule is COCCS(=O)(=O)Nc1ccc(Cl)c(C#CCN)c1. The van der Waals surface area contributed by atoms with Crippen LogP contribution in [0.1, 0.15) is 5.56 Å². The van der Waals surface area contributed by atoms with E-state index in [4.69, 9.17) is 22.1 Å². The zero-order valence-corrected chi connectivity index (χ0v) is 12.0. The van der Waals surface area contributed by atoms with Crippen molar-refractivity contribution in [3.63, 3.8) is 0 Å². The largest absolute Gasteiger partial charge is 0.384 e. The molecule has 0 heterocycles. The summed E-state index contributed by atoms with van der Waals surface area (Å²) >= 11 is 5.95. The number of benzene rings is 1. The summed E-state index contributed by atoms with van der Waals surface area (Å²) in [5.74, 6) is 5.33. The molecular formula is C12H15ClN2O3S. The molecule has 0 saturated carbocycles. The molecule has 0 unspecified atom stereocenters. The molecular weight excluding hydrogens is 288 g/mol. The zero-order chi connectivity index (χ0) is 14.3. The lowest BCUT2D eigenvalue weighted by atomic mass is 10.2. The van der Waals surface area contributed by atoms with Gasteiger partial charge in [-0.1, -0.05) is 23.4 Å². The van der Waals surface area contributed by atoms with Crippen LogP contribution in [0.5, 0.6) is 0 Å². The van der Waals surface area contributed by atoms with Crippen LogP contribution in [0.25, 0.3) is 0 Å². The van der Waals surface area contributed by atoms with Gasteiger partial charge in [0.1, 0.15) is 0 Å². The predicted octanol–water partition coefficient (Wildman–Crippen LogP) is 1.04. The van der Waals surface area contributed by atoms with Gasteiger partial charge in [-0.2, -0.15) is 0 Å². The minimum Gasteiger partial charge on any atom is -0.384 e. The molecule has 1 aromatic carbocycles. The van der Waals surface area contributed by atoms with E-state index in [1.165, 1.54) is 7.11 Å². The quantitative estimate of drug-likeness (QED) is 0.796. The van der Waals surface area contributed by atoms with E-state index in [1.807, 2.05) is 0 Å². The molecule has 0 atom stereocenters. The van der Waals surface area contributed by atoms with Crippen molar-refractivity contribution in [2.75, 3.05) is 30.7 Å². The minimum atomic E-state index is -3.44.